The lowest BCUT2D eigenvalue weighted by molar-refractivity contribution is -0.148. The number of hydrogen-bond acceptors (Lipinski definition) is 1. The van der Waals surface area contributed by atoms with Gasteiger partial charge in [0.1, 0.15) is 0 Å². The van der Waals surface area contributed by atoms with Crippen LogP contribution in [0.2, 0.25) is 0 Å². The van der Waals surface area contributed by atoms with E-state index in [4.69, 9.17) is 1.37 Å². The van der Waals surface area contributed by atoms with Gasteiger partial charge in [0, 0.05) is 1.37 Å². The zero-order chi connectivity index (χ0) is 10.1. The van der Waals surface area contributed by atoms with Crippen LogP contribution in [0.15, 0.2) is 0 Å². The Labute approximate surface area is 71.9 Å². The van der Waals surface area contributed by atoms with E-state index in [2.05, 4.69) is 0 Å². The predicted molar refractivity (Wildman–Crippen MR) is 40.9 cm³/mol. The third-order valence-electron chi connectivity index (χ3n) is 2.11. The van der Waals surface area contributed by atoms with E-state index in [9.17, 15) is 13.2 Å². The minimum absolute atomic E-state index is 0.388. The topological polar surface area (TPSA) is 3.24 Å². The largest absolute Gasteiger partial charge is 0.401 e. The van der Waals surface area contributed by atoms with Gasteiger partial charge in [-0.2, -0.15) is 13.2 Å². The Morgan fingerprint density at radius 3 is 2.33 bits per heavy atom. The quantitative estimate of drug-likeness (QED) is 0.601. The van der Waals surface area contributed by atoms with Gasteiger partial charge in [0.05, 0.1) is 6.54 Å². The van der Waals surface area contributed by atoms with E-state index >= 15 is 0 Å². The Morgan fingerprint density at radius 1 is 1.42 bits per heavy atom. The van der Waals surface area contributed by atoms with Gasteiger partial charge < -0.3 is 0 Å². The number of alkyl halides is 3. The number of piperidine rings is 1. The highest BCUT2D eigenvalue weighted by Gasteiger charge is 2.31. The molecule has 0 spiro atoms. The van der Waals surface area contributed by atoms with Crippen molar-refractivity contribution in [1.29, 1.82) is 0 Å². The van der Waals surface area contributed by atoms with Crippen LogP contribution in [-0.4, -0.2) is 30.7 Å². The molecule has 0 amide bonds. The van der Waals surface area contributed by atoms with Crippen molar-refractivity contribution in [2.24, 2.45) is 5.89 Å². The molecular formula is C8H14F3N. The summed E-state index contributed by atoms with van der Waals surface area (Å²) in [6, 6.07) is 0. The molecule has 0 aromatic carbocycles. The van der Waals surface area contributed by atoms with Crippen LogP contribution in [0.25, 0.3) is 0 Å². The van der Waals surface area contributed by atoms with Crippen molar-refractivity contribution >= 4 is 0 Å². The van der Waals surface area contributed by atoms with Gasteiger partial charge in [-0.25, -0.2) is 0 Å². The lowest BCUT2D eigenvalue weighted by Crippen LogP contribution is -2.39. The zero-order valence-electron chi connectivity index (χ0n) is 8.12. The van der Waals surface area contributed by atoms with E-state index in [0.717, 1.165) is 0 Å². The average Bonchev–Trinajstić information content (AvgIpc) is 1.91. The minimum atomic E-state index is -4.10. The van der Waals surface area contributed by atoms with Gasteiger partial charge >= 0.3 is 6.18 Å². The van der Waals surface area contributed by atoms with Crippen molar-refractivity contribution < 1.29 is 14.5 Å². The molecule has 1 saturated heterocycles. The third-order valence-corrected chi connectivity index (χ3v) is 2.11. The van der Waals surface area contributed by atoms with Crippen molar-refractivity contribution in [2.75, 3.05) is 19.6 Å². The molecule has 0 saturated carbocycles. The third kappa shape index (κ3) is 3.43. The van der Waals surface area contributed by atoms with Crippen molar-refractivity contribution in [1.82, 2.24) is 4.90 Å². The summed E-state index contributed by atoms with van der Waals surface area (Å²) in [7, 11) is 0. The molecule has 0 aromatic heterocycles. The fourth-order valence-electron chi connectivity index (χ4n) is 1.35. The van der Waals surface area contributed by atoms with Crippen LogP contribution in [-0.2, 0) is 0 Å². The first-order chi connectivity index (χ1) is 5.79. The van der Waals surface area contributed by atoms with Crippen molar-refractivity contribution in [3.05, 3.63) is 0 Å². The Morgan fingerprint density at radius 2 is 1.92 bits per heavy atom. The maximum absolute atomic E-state index is 11.9. The zero-order valence-corrected chi connectivity index (χ0v) is 7.12. The molecule has 1 nitrogen and oxygen atoms in total. The summed E-state index contributed by atoms with van der Waals surface area (Å²) in [6.45, 7) is 1.72. The van der Waals surface area contributed by atoms with Crippen molar-refractivity contribution in [2.45, 2.75) is 25.9 Å². The molecule has 0 radical (unpaired) electrons. The maximum Gasteiger partial charge on any atom is 0.401 e. The second-order valence-corrected chi connectivity index (χ2v) is 3.35. The van der Waals surface area contributed by atoms with Crippen molar-refractivity contribution in [3.8, 4) is 0 Å². The molecular weight excluding hydrogens is 167 g/mol. The summed E-state index contributed by atoms with van der Waals surface area (Å²) in [6.07, 6.45) is -3.04. The molecule has 0 unspecified atom stereocenters. The van der Waals surface area contributed by atoms with Gasteiger partial charge in [-0.3, -0.25) is 4.90 Å². The molecule has 0 bridgehead atoms. The molecule has 0 aliphatic carbocycles. The second kappa shape index (κ2) is 3.64. The molecule has 0 atom stereocenters. The number of nitrogens with zero attached hydrogens (tertiary/aromatic N) is 1. The van der Waals surface area contributed by atoms with Gasteiger partial charge in [0.15, 0.2) is 0 Å². The van der Waals surface area contributed by atoms with E-state index < -0.39 is 18.6 Å². The lowest BCUT2D eigenvalue weighted by atomic mass is 9.99. The van der Waals surface area contributed by atoms with E-state index in [-0.39, 0.29) is 0 Å². The molecule has 72 valence electrons. The molecule has 1 heterocycles. The van der Waals surface area contributed by atoms with Gasteiger partial charge in [0.25, 0.3) is 0 Å². The summed E-state index contributed by atoms with van der Waals surface area (Å²) >= 11 is 0. The predicted octanol–water partition coefficient (Wildman–Crippen LogP) is 2.28. The summed E-state index contributed by atoms with van der Waals surface area (Å²) in [5.41, 5.74) is 0. The van der Waals surface area contributed by atoms with E-state index in [0.29, 0.717) is 25.9 Å². The summed E-state index contributed by atoms with van der Waals surface area (Å²) < 4.78 is 43.5. The SMILES string of the molecule is [2H]C1(C)CCN(CC(F)(F)F)CC1. The first-order valence-corrected chi connectivity index (χ1v) is 4.08. The van der Waals surface area contributed by atoms with Crippen LogP contribution in [0, 0.1) is 5.89 Å². The van der Waals surface area contributed by atoms with E-state index in [1.54, 1.807) is 6.92 Å². The normalized spacial score (nSPS) is 26.8. The Kier molecular flexibility index (Phi) is 2.54. The van der Waals surface area contributed by atoms with Crippen LogP contribution < -0.4 is 0 Å². The lowest BCUT2D eigenvalue weighted by Gasteiger charge is -2.30. The highest BCUT2D eigenvalue weighted by Crippen LogP contribution is 2.21. The molecule has 4 heteroatoms. The number of hydrogen-bond donors (Lipinski definition) is 0. The van der Waals surface area contributed by atoms with Crippen LogP contribution in [0.5, 0.6) is 0 Å². The monoisotopic (exact) mass is 182 g/mol. The highest BCUT2D eigenvalue weighted by atomic mass is 19.4. The van der Waals surface area contributed by atoms with Gasteiger partial charge in [-0.1, -0.05) is 6.92 Å². The minimum Gasteiger partial charge on any atom is -0.295 e. The molecule has 0 N–H and O–H groups in total. The second-order valence-electron chi connectivity index (χ2n) is 3.35. The fourth-order valence-corrected chi connectivity index (χ4v) is 1.35. The van der Waals surface area contributed by atoms with Crippen LogP contribution in [0.4, 0.5) is 13.2 Å². The average molecular weight is 182 g/mol. The van der Waals surface area contributed by atoms with Crippen LogP contribution in [0.3, 0.4) is 0 Å². The summed E-state index contributed by atoms with van der Waals surface area (Å²) in [4.78, 5) is 1.37. The highest BCUT2D eigenvalue weighted by molar-refractivity contribution is 4.71. The number of halogens is 3. The van der Waals surface area contributed by atoms with Gasteiger partial charge in [-0.05, 0) is 31.8 Å². The molecule has 1 aliphatic rings. The molecule has 0 aromatic rings. The summed E-state index contributed by atoms with van der Waals surface area (Å²) in [5, 5.41) is 0. The fraction of sp³-hybridized carbons (Fsp3) is 1.00. The molecule has 1 rings (SSSR count). The Bertz CT molecular complexity index is 169. The number of rotatable bonds is 1. The Hall–Kier alpha value is -0.250. The van der Waals surface area contributed by atoms with E-state index in [1.807, 2.05) is 0 Å². The first kappa shape index (κ1) is 8.35. The van der Waals surface area contributed by atoms with E-state index in [1.165, 1.54) is 4.90 Å². The molecule has 1 aliphatic heterocycles. The smallest absolute Gasteiger partial charge is 0.295 e. The first-order valence-electron chi connectivity index (χ1n) is 4.58. The van der Waals surface area contributed by atoms with Crippen LogP contribution >= 0.6 is 0 Å². The maximum atomic E-state index is 11.9. The number of likely N-dealkylation sites (tertiary alicyclic amines) is 1. The van der Waals surface area contributed by atoms with Gasteiger partial charge in [0.2, 0.25) is 0 Å². The molecule has 1 fully saturated rings. The van der Waals surface area contributed by atoms with Crippen molar-refractivity contribution in [3.63, 3.8) is 0 Å². The van der Waals surface area contributed by atoms with Crippen LogP contribution in [0.1, 0.15) is 21.1 Å². The Balaban J connectivity index is 2.34. The van der Waals surface area contributed by atoms with Gasteiger partial charge in [-0.15, -0.1) is 0 Å². The molecule has 12 heavy (non-hydrogen) atoms. The standard InChI is InChI=1S/C8H14F3N/c1-7-2-4-12(5-3-7)6-8(9,10)11/h7H,2-6H2,1H3/i7D. The summed E-state index contributed by atoms with van der Waals surface area (Å²) in [5.74, 6) is -0.526.